The highest BCUT2D eigenvalue weighted by Gasteiger charge is 2.17. The first-order valence-electron chi connectivity index (χ1n) is 5.54. The molecule has 2 aromatic heterocycles. The van der Waals surface area contributed by atoms with Crippen LogP contribution in [0.3, 0.4) is 0 Å². The summed E-state index contributed by atoms with van der Waals surface area (Å²) in [5, 5.41) is 9.02. The van der Waals surface area contributed by atoms with Crippen molar-refractivity contribution in [2.24, 2.45) is 0 Å². The lowest BCUT2D eigenvalue weighted by Gasteiger charge is -1.97. The standard InChI is InChI=1S/C13H9FN2O2S/c1-7-11(12(17)18)19-13-15-10(6-16(7)13)8-4-2-3-5-9(8)14/h2-6H,1H3,(H,17,18). The van der Waals surface area contributed by atoms with Gasteiger partial charge in [0.25, 0.3) is 0 Å². The van der Waals surface area contributed by atoms with Crippen molar-refractivity contribution in [3.63, 3.8) is 0 Å². The Kier molecular flexibility index (Phi) is 2.60. The topological polar surface area (TPSA) is 54.6 Å². The van der Waals surface area contributed by atoms with Crippen LogP contribution in [0.4, 0.5) is 4.39 Å². The van der Waals surface area contributed by atoms with E-state index in [1.54, 1.807) is 35.7 Å². The van der Waals surface area contributed by atoms with Gasteiger partial charge in [-0.15, -0.1) is 0 Å². The van der Waals surface area contributed by atoms with Gasteiger partial charge in [0.1, 0.15) is 10.7 Å². The summed E-state index contributed by atoms with van der Waals surface area (Å²) >= 11 is 1.08. The molecule has 1 aromatic carbocycles. The number of nitrogens with zero attached hydrogens (tertiary/aromatic N) is 2. The van der Waals surface area contributed by atoms with Gasteiger partial charge in [-0.05, 0) is 19.1 Å². The second-order valence-corrected chi connectivity index (χ2v) is 5.06. The molecule has 3 rings (SSSR count). The predicted molar refractivity (Wildman–Crippen MR) is 70.2 cm³/mol. The molecule has 0 atom stereocenters. The minimum atomic E-state index is -0.972. The third-order valence-electron chi connectivity index (χ3n) is 2.90. The van der Waals surface area contributed by atoms with Gasteiger partial charge in [0, 0.05) is 17.5 Å². The summed E-state index contributed by atoms with van der Waals surface area (Å²) < 4.78 is 15.4. The lowest BCUT2D eigenvalue weighted by molar-refractivity contribution is 0.0701. The summed E-state index contributed by atoms with van der Waals surface area (Å²) in [5.41, 5.74) is 1.52. The molecular weight excluding hydrogens is 267 g/mol. The van der Waals surface area contributed by atoms with Crippen molar-refractivity contribution in [2.75, 3.05) is 0 Å². The summed E-state index contributed by atoms with van der Waals surface area (Å²) in [6.45, 7) is 1.71. The van der Waals surface area contributed by atoms with E-state index in [4.69, 9.17) is 5.11 Å². The van der Waals surface area contributed by atoms with Gasteiger partial charge >= 0.3 is 5.97 Å². The van der Waals surface area contributed by atoms with Crippen LogP contribution >= 0.6 is 11.3 Å². The number of aromatic carboxylic acids is 1. The number of benzene rings is 1. The molecular formula is C13H9FN2O2S. The van der Waals surface area contributed by atoms with Crippen LogP contribution in [0.15, 0.2) is 30.5 Å². The molecule has 0 saturated heterocycles. The van der Waals surface area contributed by atoms with E-state index in [1.165, 1.54) is 6.07 Å². The fourth-order valence-electron chi connectivity index (χ4n) is 1.95. The number of aromatic nitrogens is 2. The molecule has 0 aliphatic rings. The average Bonchev–Trinajstić information content (AvgIpc) is 2.90. The van der Waals surface area contributed by atoms with Crippen LogP contribution in [0.2, 0.25) is 0 Å². The van der Waals surface area contributed by atoms with Gasteiger partial charge in [-0.3, -0.25) is 4.40 Å². The molecule has 0 radical (unpaired) electrons. The maximum absolute atomic E-state index is 13.7. The first-order valence-corrected chi connectivity index (χ1v) is 6.36. The number of thiazole rings is 1. The quantitative estimate of drug-likeness (QED) is 0.782. The number of imidazole rings is 1. The van der Waals surface area contributed by atoms with Gasteiger partial charge in [0.2, 0.25) is 0 Å². The van der Waals surface area contributed by atoms with Crippen LogP contribution in [0, 0.1) is 12.7 Å². The number of carboxylic acids is 1. The number of hydrogen-bond acceptors (Lipinski definition) is 3. The fraction of sp³-hybridized carbons (Fsp3) is 0.0769. The maximum Gasteiger partial charge on any atom is 0.347 e. The highest BCUT2D eigenvalue weighted by atomic mass is 32.1. The summed E-state index contributed by atoms with van der Waals surface area (Å²) in [4.78, 5) is 16.1. The molecule has 6 heteroatoms. The van der Waals surface area contributed by atoms with Crippen LogP contribution in [-0.4, -0.2) is 20.5 Å². The van der Waals surface area contributed by atoms with Gasteiger partial charge in [-0.2, -0.15) is 0 Å². The maximum atomic E-state index is 13.7. The number of halogens is 1. The van der Waals surface area contributed by atoms with Gasteiger partial charge in [0.05, 0.1) is 5.69 Å². The SMILES string of the molecule is Cc1c(C(=O)O)sc2nc(-c3ccccc3F)cn12. The second-order valence-electron chi connectivity index (χ2n) is 4.08. The van der Waals surface area contributed by atoms with Crippen molar-refractivity contribution in [3.05, 3.63) is 46.9 Å². The minimum Gasteiger partial charge on any atom is -0.477 e. The number of aryl methyl sites for hydroxylation is 1. The zero-order valence-electron chi connectivity index (χ0n) is 9.92. The Morgan fingerprint density at radius 3 is 2.79 bits per heavy atom. The zero-order chi connectivity index (χ0) is 13.6. The molecule has 0 bridgehead atoms. The van der Waals surface area contributed by atoms with Crippen LogP contribution < -0.4 is 0 Å². The van der Waals surface area contributed by atoms with Crippen LogP contribution in [-0.2, 0) is 0 Å². The van der Waals surface area contributed by atoms with E-state index in [-0.39, 0.29) is 10.7 Å². The fourth-order valence-corrected chi connectivity index (χ4v) is 2.90. The Bertz CT molecular complexity index is 791. The molecule has 0 amide bonds. The molecule has 0 spiro atoms. The van der Waals surface area contributed by atoms with Crippen LogP contribution in [0.1, 0.15) is 15.4 Å². The largest absolute Gasteiger partial charge is 0.477 e. The Morgan fingerprint density at radius 1 is 1.42 bits per heavy atom. The summed E-state index contributed by atoms with van der Waals surface area (Å²) in [5.74, 6) is -1.31. The monoisotopic (exact) mass is 276 g/mol. The average molecular weight is 276 g/mol. The Balaban J connectivity index is 2.19. The zero-order valence-corrected chi connectivity index (χ0v) is 10.7. The van der Waals surface area contributed by atoms with Gasteiger partial charge in [-0.25, -0.2) is 14.2 Å². The van der Waals surface area contributed by atoms with Crippen molar-refractivity contribution < 1.29 is 14.3 Å². The van der Waals surface area contributed by atoms with E-state index < -0.39 is 5.97 Å². The van der Waals surface area contributed by atoms with E-state index in [1.807, 2.05) is 0 Å². The van der Waals surface area contributed by atoms with Crippen molar-refractivity contribution in [1.29, 1.82) is 0 Å². The summed E-state index contributed by atoms with van der Waals surface area (Å²) in [6, 6.07) is 6.37. The summed E-state index contributed by atoms with van der Waals surface area (Å²) in [7, 11) is 0. The molecule has 96 valence electrons. The number of fused-ring (bicyclic) bond motifs is 1. The number of carbonyl (C=O) groups is 1. The highest BCUT2D eigenvalue weighted by Crippen LogP contribution is 2.28. The number of hydrogen-bond donors (Lipinski definition) is 1. The van der Waals surface area contributed by atoms with Gasteiger partial charge in [-0.1, -0.05) is 23.5 Å². The molecule has 0 unspecified atom stereocenters. The molecule has 4 nitrogen and oxygen atoms in total. The predicted octanol–water partition coefficient (Wildman–Crippen LogP) is 3.21. The Morgan fingerprint density at radius 2 is 2.16 bits per heavy atom. The lowest BCUT2D eigenvalue weighted by Crippen LogP contribution is -1.96. The molecule has 0 saturated carbocycles. The molecule has 0 aliphatic carbocycles. The summed E-state index contributed by atoms with van der Waals surface area (Å²) in [6.07, 6.45) is 1.66. The normalized spacial score (nSPS) is 11.1. The third-order valence-corrected chi connectivity index (χ3v) is 4.05. The van der Waals surface area contributed by atoms with Crippen molar-refractivity contribution >= 4 is 22.3 Å². The molecule has 19 heavy (non-hydrogen) atoms. The van der Waals surface area contributed by atoms with E-state index in [0.717, 1.165) is 11.3 Å². The third kappa shape index (κ3) is 1.80. The molecule has 0 aliphatic heterocycles. The minimum absolute atomic E-state index is 0.252. The van der Waals surface area contributed by atoms with E-state index in [9.17, 15) is 9.18 Å². The van der Waals surface area contributed by atoms with Gasteiger partial charge < -0.3 is 5.11 Å². The number of carboxylic acid groups (broad SMARTS) is 1. The van der Waals surface area contributed by atoms with Crippen molar-refractivity contribution in [3.8, 4) is 11.3 Å². The molecule has 1 N–H and O–H groups in total. The second kappa shape index (κ2) is 4.17. The van der Waals surface area contributed by atoms with Crippen LogP contribution in [0.25, 0.3) is 16.2 Å². The van der Waals surface area contributed by atoms with Gasteiger partial charge in [0.15, 0.2) is 4.96 Å². The number of rotatable bonds is 2. The van der Waals surface area contributed by atoms with E-state index in [0.29, 0.717) is 21.9 Å². The first-order chi connectivity index (χ1) is 9.08. The van der Waals surface area contributed by atoms with E-state index >= 15 is 0 Å². The Labute approximate surface area is 111 Å². The van der Waals surface area contributed by atoms with E-state index in [2.05, 4.69) is 4.98 Å². The molecule has 3 aromatic rings. The highest BCUT2D eigenvalue weighted by molar-refractivity contribution is 7.19. The van der Waals surface area contributed by atoms with Crippen molar-refractivity contribution in [2.45, 2.75) is 6.92 Å². The smallest absolute Gasteiger partial charge is 0.347 e. The van der Waals surface area contributed by atoms with Crippen LogP contribution in [0.5, 0.6) is 0 Å². The molecule has 0 fully saturated rings. The van der Waals surface area contributed by atoms with Crippen molar-refractivity contribution in [1.82, 2.24) is 9.38 Å². The Hall–Kier alpha value is -2.21. The first kappa shape index (κ1) is 11.9. The lowest BCUT2D eigenvalue weighted by atomic mass is 10.1. The molecule has 2 heterocycles.